The van der Waals surface area contributed by atoms with E-state index in [-0.39, 0.29) is 12.5 Å². The molecule has 0 bridgehead atoms. The molecular weight excluding hydrogens is 468 g/mol. The first-order valence-corrected chi connectivity index (χ1v) is 11.1. The van der Waals surface area contributed by atoms with Gasteiger partial charge in [-0.3, -0.25) is 14.4 Å². The van der Waals surface area contributed by atoms with Gasteiger partial charge in [0.05, 0.1) is 6.21 Å². The van der Waals surface area contributed by atoms with Crippen LogP contribution in [0.1, 0.15) is 22.3 Å². The average molecular weight is 493 g/mol. The van der Waals surface area contributed by atoms with Gasteiger partial charge >= 0.3 is 11.8 Å². The highest BCUT2D eigenvalue weighted by Gasteiger charge is 2.13. The molecule has 0 aliphatic carbocycles. The molecule has 0 radical (unpaired) electrons. The van der Waals surface area contributed by atoms with E-state index < -0.39 is 11.8 Å². The van der Waals surface area contributed by atoms with Crippen LogP contribution in [-0.4, -0.2) is 30.5 Å². The van der Waals surface area contributed by atoms with Crippen molar-refractivity contribution in [2.75, 3.05) is 17.2 Å². The summed E-state index contributed by atoms with van der Waals surface area (Å²) >= 11 is 6.06. The minimum absolute atomic E-state index is 0.249. The molecule has 0 aromatic heterocycles. The van der Waals surface area contributed by atoms with Crippen molar-refractivity contribution in [3.8, 4) is 5.75 Å². The normalized spacial score (nSPS) is 10.6. The molecule has 0 saturated carbocycles. The molecule has 0 fully saturated rings. The third kappa shape index (κ3) is 7.68. The third-order valence-electron chi connectivity index (χ3n) is 5.01. The Kier molecular flexibility index (Phi) is 8.58. The zero-order valence-electron chi connectivity index (χ0n) is 19.5. The molecule has 0 spiro atoms. The summed E-state index contributed by atoms with van der Waals surface area (Å²) in [6, 6.07) is 17.4. The number of carbonyl (C=O) groups excluding carboxylic acids is 3. The number of rotatable bonds is 7. The number of nitrogens with zero attached hydrogens (tertiary/aromatic N) is 1. The highest BCUT2D eigenvalue weighted by molar-refractivity contribution is 6.39. The molecule has 0 unspecified atom stereocenters. The highest BCUT2D eigenvalue weighted by Crippen LogP contribution is 2.22. The van der Waals surface area contributed by atoms with Gasteiger partial charge in [-0.1, -0.05) is 35.4 Å². The topological polar surface area (TPSA) is 109 Å². The largest absolute Gasteiger partial charge is 0.483 e. The van der Waals surface area contributed by atoms with E-state index in [0.717, 1.165) is 16.7 Å². The number of carbonyl (C=O) groups is 3. The molecule has 180 valence electrons. The summed E-state index contributed by atoms with van der Waals surface area (Å²) in [7, 11) is 0. The van der Waals surface area contributed by atoms with Gasteiger partial charge in [-0.2, -0.15) is 5.10 Å². The molecule has 35 heavy (non-hydrogen) atoms. The van der Waals surface area contributed by atoms with Crippen LogP contribution in [0.25, 0.3) is 0 Å². The summed E-state index contributed by atoms with van der Waals surface area (Å²) in [6.07, 6.45) is 1.28. The van der Waals surface area contributed by atoms with Crippen molar-refractivity contribution < 1.29 is 19.1 Å². The van der Waals surface area contributed by atoms with E-state index >= 15 is 0 Å². The molecule has 0 heterocycles. The molecule has 0 atom stereocenters. The van der Waals surface area contributed by atoms with Gasteiger partial charge in [0.1, 0.15) is 5.75 Å². The number of nitrogens with one attached hydrogen (secondary N) is 3. The maximum Gasteiger partial charge on any atom is 0.329 e. The summed E-state index contributed by atoms with van der Waals surface area (Å²) in [6.45, 7) is 5.62. The van der Waals surface area contributed by atoms with Crippen molar-refractivity contribution in [2.24, 2.45) is 5.10 Å². The number of anilines is 2. The predicted molar refractivity (Wildman–Crippen MR) is 137 cm³/mol. The van der Waals surface area contributed by atoms with Crippen LogP contribution in [0.3, 0.4) is 0 Å². The van der Waals surface area contributed by atoms with Crippen LogP contribution in [0.4, 0.5) is 11.4 Å². The van der Waals surface area contributed by atoms with E-state index in [9.17, 15) is 14.4 Å². The first-order chi connectivity index (χ1) is 16.7. The van der Waals surface area contributed by atoms with Crippen molar-refractivity contribution in [1.82, 2.24) is 5.43 Å². The lowest BCUT2D eigenvalue weighted by atomic mass is 10.1. The third-order valence-corrected chi connectivity index (χ3v) is 5.24. The Morgan fingerprint density at radius 1 is 0.857 bits per heavy atom. The molecule has 9 heteroatoms. The fraction of sp³-hybridized carbons (Fsp3) is 0.154. The quantitative estimate of drug-likeness (QED) is 0.258. The average Bonchev–Trinajstić information content (AvgIpc) is 2.82. The lowest BCUT2D eigenvalue weighted by Gasteiger charge is -2.11. The predicted octanol–water partition coefficient (Wildman–Crippen LogP) is 4.37. The Morgan fingerprint density at radius 2 is 1.57 bits per heavy atom. The SMILES string of the molecule is Cc1ccc(NC(=O)C(=O)N/N=C\c2cc(Cl)ccc2OCC(=O)Nc2ccc(C)c(C)c2)cc1. The second kappa shape index (κ2) is 11.8. The summed E-state index contributed by atoms with van der Waals surface area (Å²) < 4.78 is 5.62. The number of hydrazone groups is 1. The van der Waals surface area contributed by atoms with Crippen LogP contribution >= 0.6 is 11.6 Å². The van der Waals surface area contributed by atoms with Gasteiger partial charge in [-0.15, -0.1) is 0 Å². The van der Waals surface area contributed by atoms with Gasteiger partial charge in [0.2, 0.25) is 0 Å². The van der Waals surface area contributed by atoms with E-state index in [2.05, 4.69) is 21.2 Å². The highest BCUT2D eigenvalue weighted by atomic mass is 35.5. The molecule has 3 N–H and O–H groups in total. The van der Waals surface area contributed by atoms with Crippen LogP contribution in [0.2, 0.25) is 5.02 Å². The Hall–Kier alpha value is -4.17. The Morgan fingerprint density at radius 3 is 2.29 bits per heavy atom. The van der Waals surface area contributed by atoms with Gasteiger partial charge < -0.3 is 15.4 Å². The van der Waals surface area contributed by atoms with E-state index in [1.807, 2.05) is 51.1 Å². The monoisotopic (exact) mass is 492 g/mol. The zero-order chi connectivity index (χ0) is 25.4. The van der Waals surface area contributed by atoms with Crippen LogP contribution in [0, 0.1) is 20.8 Å². The van der Waals surface area contributed by atoms with Gasteiger partial charge in [0, 0.05) is 22.0 Å². The standard InChI is InChI=1S/C26H25ClN4O4/c1-16-4-8-21(9-5-16)30-25(33)26(34)31-28-14-19-13-20(27)7-11-23(19)35-15-24(32)29-22-10-6-17(2)18(3)12-22/h4-14H,15H2,1-3H3,(H,29,32)(H,30,33)(H,31,34)/b28-14-. The van der Waals surface area contributed by atoms with Crippen LogP contribution < -0.4 is 20.8 Å². The number of ether oxygens (including phenoxy) is 1. The Labute approximate surface area is 208 Å². The lowest BCUT2D eigenvalue weighted by Crippen LogP contribution is -2.32. The number of amides is 3. The van der Waals surface area contributed by atoms with Crippen LogP contribution in [0.5, 0.6) is 5.75 Å². The van der Waals surface area contributed by atoms with Crippen molar-refractivity contribution >= 4 is 46.9 Å². The second-order valence-electron chi connectivity index (χ2n) is 7.84. The summed E-state index contributed by atoms with van der Waals surface area (Å²) in [5.41, 5.74) is 6.95. The minimum atomic E-state index is -0.945. The molecular formula is C26H25ClN4O4. The van der Waals surface area contributed by atoms with Gasteiger partial charge in [0.25, 0.3) is 5.91 Å². The van der Waals surface area contributed by atoms with Crippen LogP contribution in [0.15, 0.2) is 65.8 Å². The summed E-state index contributed by atoms with van der Waals surface area (Å²) in [5.74, 6) is -1.82. The molecule has 0 aliphatic heterocycles. The minimum Gasteiger partial charge on any atom is -0.483 e. The zero-order valence-corrected chi connectivity index (χ0v) is 20.3. The first kappa shape index (κ1) is 25.5. The molecule has 3 amide bonds. The van der Waals surface area contributed by atoms with E-state index in [1.165, 1.54) is 6.21 Å². The molecule has 8 nitrogen and oxygen atoms in total. The Bertz CT molecular complexity index is 1270. The van der Waals surface area contributed by atoms with Gasteiger partial charge in [-0.25, -0.2) is 5.43 Å². The molecule has 3 aromatic carbocycles. The van der Waals surface area contributed by atoms with Crippen molar-refractivity contribution in [3.63, 3.8) is 0 Å². The number of hydrogen-bond donors (Lipinski definition) is 3. The molecule has 3 rings (SSSR count). The second-order valence-corrected chi connectivity index (χ2v) is 8.27. The molecule has 0 aliphatic rings. The number of halogens is 1. The van der Waals surface area contributed by atoms with Crippen molar-refractivity contribution in [2.45, 2.75) is 20.8 Å². The smallest absolute Gasteiger partial charge is 0.329 e. The fourth-order valence-electron chi connectivity index (χ4n) is 2.95. The van der Waals surface area contributed by atoms with Gasteiger partial charge in [-0.05, 0) is 74.4 Å². The summed E-state index contributed by atoms with van der Waals surface area (Å²) in [5, 5.41) is 9.47. The van der Waals surface area contributed by atoms with E-state index in [1.54, 1.807) is 30.3 Å². The van der Waals surface area contributed by atoms with E-state index in [0.29, 0.717) is 27.7 Å². The Balaban J connectivity index is 1.57. The maximum atomic E-state index is 12.3. The van der Waals surface area contributed by atoms with Crippen molar-refractivity contribution in [3.05, 3.63) is 87.9 Å². The van der Waals surface area contributed by atoms with Gasteiger partial charge in [0.15, 0.2) is 6.61 Å². The summed E-state index contributed by atoms with van der Waals surface area (Å²) in [4.78, 5) is 36.4. The number of benzene rings is 3. The maximum absolute atomic E-state index is 12.3. The lowest BCUT2D eigenvalue weighted by molar-refractivity contribution is -0.136. The fourth-order valence-corrected chi connectivity index (χ4v) is 3.13. The van der Waals surface area contributed by atoms with Crippen LogP contribution in [-0.2, 0) is 14.4 Å². The van der Waals surface area contributed by atoms with E-state index in [4.69, 9.17) is 16.3 Å². The number of aryl methyl sites for hydroxylation is 3. The number of hydrogen-bond acceptors (Lipinski definition) is 5. The molecule has 0 saturated heterocycles. The van der Waals surface area contributed by atoms with Crippen molar-refractivity contribution in [1.29, 1.82) is 0 Å². The molecule has 3 aromatic rings. The first-order valence-electron chi connectivity index (χ1n) is 10.7.